The number of benzene rings is 2. The minimum Gasteiger partial charge on any atom is -0.287 e. The van der Waals surface area contributed by atoms with Crippen molar-refractivity contribution in [3.05, 3.63) is 64.2 Å². The van der Waals surface area contributed by atoms with Gasteiger partial charge in [-0.3, -0.25) is 14.5 Å². The van der Waals surface area contributed by atoms with E-state index < -0.39 is 29.6 Å². The summed E-state index contributed by atoms with van der Waals surface area (Å²) in [5.41, 5.74) is 1.12. The molecule has 1 fully saturated rings. The lowest BCUT2D eigenvalue weighted by Gasteiger charge is -2.32. The fraction of sp³-hybridized carbons (Fsp3) is 0.300. The topological polar surface area (TPSA) is 40.6 Å². The minimum atomic E-state index is -4.60. The van der Waals surface area contributed by atoms with E-state index in [1.807, 2.05) is 29.2 Å². The average molecular weight is 409 g/mol. The van der Waals surface area contributed by atoms with Crippen LogP contribution in [0.4, 0.5) is 18.9 Å². The fourth-order valence-electron chi connectivity index (χ4n) is 3.80. The summed E-state index contributed by atoms with van der Waals surface area (Å²) in [6.07, 6.45) is -3.92. The van der Waals surface area contributed by atoms with Crippen molar-refractivity contribution in [2.24, 2.45) is 0 Å². The second-order valence-corrected chi connectivity index (χ2v) is 7.35. The van der Waals surface area contributed by atoms with Gasteiger partial charge in [0.25, 0.3) is 5.91 Å². The molecule has 4 nitrogen and oxygen atoms in total. The SMILES string of the molecule is O=C1C[C@H](N2CCc3ccccc3C2)C(=O)N1c1cc(C(F)(F)F)ccc1Cl. The highest BCUT2D eigenvalue weighted by atomic mass is 35.5. The van der Waals surface area contributed by atoms with Gasteiger partial charge >= 0.3 is 6.18 Å². The molecule has 2 aliphatic rings. The monoisotopic (exact) mass is 408 g/mol. The van der Waals surface area contributed by atoms with Crippen LogP contribution >= 0.6 is 11.6 Å². The zero-order valence-electron chi connectivity index (χ0n) is 14.7. The number of carbonyl (C=O) groups is 2. The molecule has 0 N–H and O–H groups in total. The lowest BCUT2D eigenvalue weighted by Crippen LogP contribution is -2.44. The molecule has 4 rings (SSSR count). The van der Waals surface area contributed by atoms with E-state index in [1.54, 1.807) is 0 Å². The number of anilines is 1. The molecule has 146 valence electrons. The molecular weight excluding hydrogens is 393 g/mol. The van der Waals surface area contributed by atoms with E-state index >= 15 is 0 Å². The van der Waals surface area contributed by atoms with Crippen LogP contribution in [0.2, 0.25) is 5.02 Å². The van der Waals surface area contributed by atoms with Gasteiger partial charge in [0.1, 0.15) is 0 Å². The maximum absolute atomic E-state index is 13.0. The number of fused-ring (bicyclic) bond motifs is 1. The normalized spacial score (nSPS) is 20.6. The number of hydrogen-bond donors (Lipinski definition) is 0. The van der Waals surface area contributed by atoms with Crippen LogP contribution in [0.25, 0.3) is 0 Å². The molecule has 1 atom stereocenters. The van der Waals surface area contributed by atoms with E-state index in [2.05, 4.69) is 0 Å². The second-order valence-electron chi connectivity index (χ2n) is 6.94. The summed E-state index contributed by atoms with van der Waals surface area (Å²) in [4.78, 5) is 28.2. The van der Waals surface area contributed by atoms with Gasteiger partial charge in [-0.25, -0.2) is 4.90 Å². The number of rotatable bonds is 2. The van der Waals surface area contributed by atoms with Gasteiger partial charge in [-0.1, -0.05) is 35.9 Å². The standard InChI is InChI=1S/C20H16ClF3N2O2/c21-15-6-5-14(20(22,23)24)9-16(15)26-18(27)10-17(19(26)28)25-8-7-12-3-1-2-4-13(12)11-25/h1-6,9,17H,7-8,10-11H2/t17-/m0/s1. The molecule has 1 saturated heterocycles. The first-order valence-corrected chi connectivity index (χ1v) is 9.18. The molecular formula is C20H16ClF3N2O2. The summed E-state index contributed by atoms with van der Waals surface area (Å²) in [5, 5.41) is -0.0701. The van der Waals surface area contributed by atoms with Gasteiger partial charge in [0.05, 0.1) is 28.7 Å². The van der Waals surface area contributed by atoms with E-state index in [-0.39, 0.29) is 17.1 Å². The number of hydrogen-bond acceptors (Lipinski definition) is 3. The van der Waals surface area contributed by atoms with Crippen molar-refractivity contribution >= 4 is 29.1 Å². The first-order chi connectivity index (χ1) is 13.3. The quantitative estimate of drug-likeness (QED) is 0.704. The zero-order chi connectivity index (χ0) is 20.1. The Labute approximate surface area is 164 Å². The average Bonchev–Trinajstić information content (AvgIpc) is 2.95. The van der Waals surface area contributed by atoms with E-state index in [0.717, 1.165) is 35.1 Å². The summed E-state index contributed by atoms with van der Waals surface area (Å²) in [5.74, 6) is -1.08. The van der Waals surface area contributed by atoms with Crippen molar-refractivity contribution in [3.63, 3.8) is 0 Å². The molecule has 2 amide bonds. The van der Waals surface area contributed by atoms with Crippen molar-refractivity contribution in [1.29, 1.82) is 0 Å². The Morgan fingerprint density at radius 3 is 2.46 bits per heavy atom. The second kappa shape index (κ2) is 6.90. The molecule has 2 heterocycles. The Hall–Kier alpha value is -2.38. The van der Waals surface area contributed by atoms with Crippen LogP contribution in [0, 0.1) is 0 Å². The van der Waals surface area contributed by atoms with E-state index in [4.69, 9.17) is 11.6 Å². The van der Waals surface area contributed by atoms with Crippen molar-refractivity contribution in [2.45, 2.75) is 31.6 Å². The Kier molecular flexibility index (Phi) is 4.67. The Morgan fingerprint density at radius 2 is 1.75 bits per heavy atom. The minimum absolute atomic E-state index is 0.0701. The molecule has 0 aliphatic carbocycles. The molecule has 28 heavy (non-hydrogen) atoms. The number of alkyl halides is 3. The highest BCUT2D eigenvalue weighted by Crippen LogP contribution is 2.38. The molecule has 0 bridgehead atoms. The van der Waals surface area contributed by atoms with E-state index in [0.29, 0.717) is 13.1 Å². The third kappa shape index (κ3) is 3.29. The van der Waals surface area contributed by atoms with Crippen LogP contribution in [-0.4, -0.2) is 29.3 Å². The van der Waals surface area contributed by atoms with Gasteiger partial charge in [0.15, 0.2) is 0 Å². The maximum atomic E-state index is 13.0. The van der Waals surface area contributed by atoms with Crippen LogP contribution < -0.4 is 4.90 Å². The van der Waals surface area contributed by atoms with Gasteiger partial charge in [-0.05, 0) is 35.7 Å². The van der Waals surface area contributed by atoms with Crippen molar-refractivity contribution in [2.75, 3.05) is 11.4 Å². The molecule has 2 aliphatic heterocycles. The van der Waals surface area contributed by atoms with Gasteiger partial charge < -0.3 is 0 Å². The molecule has 2 aromatic carbocycles. The summed E-state index contributed by atoms with van der Waals surface area (Å²) < 4.78 is 39.1. The third-order valence-electron chi connectivity index (χ3n) is 5.24. The fourth-order valence-corrected chi connectivity index (χ4v) is 4.00. The van der Waals surface area contributed by atoms with Gasteiger partial charge in [0, 0.05) is 13.1 Å². The molecule has 0 radical (unpaired) electrons. The lowest BCUT2D eigenvalue weighted by molar-refractivity contribution is -0.137. The molecule has 0 spiro atoms. The molecule has 2 aromatic rings. The summed E-state index contributed by atoms with van der Waals surface area (Å²) >= 11 is 6.03. The van der Waals surface area contributed by atoms with Crippen LogP contribution in [0.1, 0.15) is 23.1 Å². The Bertz CT molecular complexity index is 961. The molecule has 8 heteroatoms. The molecule has 0 unspecified atom stereocenters. The lowest BCUT2D eigenvalue weighted by atomic mass is 9.98. The summed E-state index contributed by atoms with van der Waals surface area (Å²) in [7, 11) is 0. The maximum Gasteiger partial charge on any atom is 0.416 e. The predicted octanol–water partition coefficient (Wildman–Crippen LogP) is 4.05. The van der Waals surface area contributed by atoms with Gasteiger partial charge in [-0.2, -0.15) is 13.2 Å². The first kappa shape index (κ1) is 19.0. The largest absolute Gasteiger partial charge is 0.416 e. The third-order valence-corrected chi connectivity index (χ3v) is 5.56. The smallest absolute Gasteiger partial charge is 0.287 e. The van der Waals surface area contributed by atoms with Crippen LogP contribution in [0.15, 0.2) is 42.5 Å². The van der Waals surface area contributed by atoms with E-state index in [9.17, 15) is 22.8 Å². The number of halogens is 4. The summed E-state index contributed by atoms with van der Waals surface area (Å²) in [6, 6.07) is 9.82. The summed E-state index contributed by atoms with van der Waals surface area (Å²) in [6.45, 7) is 1.12. The van der Waals surface area contributed by atoms with E-state index in [1.165, 1.54) is 5.56 Å². The van der Waals surface area contributed by atoms with Crippen LogP contribution in [-0.2, 0) is 28.7 Å². The number of imide groups is 1. The highest BCUT2D eigenvalue weighted by Gasteiger charge is 2.44. The van der Waals surface area contributed by atoms with Crippen LogP contribution in [0.5, 0.6) is 0 Å². The zero-order valence-corrected chi connectivity index (χ0v) is 15.4. The van der Waals surface area contributed by atoms with Gasteiger partial charge in [0.2, 0.25) is 5.91 Å². The predicted molar refractivity (Wildman–Crippen MR) is 97.9 cm³/mol. The first-order valence-electron chi connectivity index (χ1n) is 8.80. The van der Waals surface area contributed by atoms with Crippen molar-refractivity contribution < 1.29 is 22.8 Å². The number of carbonyl (C=O) groups excluding carboxylic acids is 2. The molecule has 0 saturated carbocycles. The van der Waals surface area contributed by atoms with Crippen LogP contribution in [0.3, 0.4) is 0 Å². The van der Waals surface area contributed by atoms with Crippen molar-refractivity contribution in [3.8, 4) is 0 Å². The van der Waals surface area contributed by atoms with Crippen molar-refractivity contribution in [1.82, 2.24) is 4.90 Å². The number of amides is 2. The Balaban J connectivity index is 1.62. The van der Waals surface area contributed by atoms with Gasteiger partial charge in [-0.15, -0.1) is 0 Å². The Morgan fingerprint density at radius 1 is 1.04 bits per heavy atom. The highest BCUT2D eigenvalue weighted by molar-refractivity contribution is 6.36. The molecule has 0 aromatic heterocycles. The number of nitrogens with zero attached hydrogens (tertiary/aromatic N) is 2.